The van der Waals surface area contributed by atoms with Gasteiger partial charge in [-0.15, -0.1) is 0 Å². The Balaban J connectivity index is 1.92. The largest absolute Gasteiger partial charge is 0.381 e. The third-order valence-corrected chi connectivity index (χ3v) is 4.71. The van der Waals surface area contributed by atoms with E-state index in [1.165, 1.54) is 6.42 Å². The number of hydrogen-bond donors (Lipinski definition) is 2. The topological polar surface area (TPSA) is 84.7 Å². The third kappa shape index (κ3) is 3.74. The number of piperidine rings is 1. The third-order valence-electron chi connectivity index (χ3n) is 4.71. The highest BCUT2D eigenvalue weighted by Crippen LogP contribution is 2.29. The fraction of sp³-hybridized carbons (Fsp3) is 0.867. The number of carbonyl (C=O) groups excluding carboxylic acids is 2. The van der Waals surface area contributed by atoms with Gasteiger partial charge in [-0.25, -0.2) is 0 Å². The van der Waals surface area contributed by atoms with Gasteiger partial charge in [0.1, 0.15) is 6.04 Å². The van der Waals surface area contributed by atoms with E-state index in [0.29, 0.717) is 32.6 Å². The predicted octanol–water partition coefficient (Wildman–Crippen LogP) is 0.259. The van der Waals surface area contributed by atoms with Crippen LogP contribution >= 0.6 is 0 Å². The van der Waals surface area contributed by atoms with Crippen LogP contribution in [0.25, 0.3) is 0 Å². The molecule has 2 aliphatic heterocycles. The molecule has 6 nitrogen and oxygen atoms in total. The molecule has 1 atom stereocenters. The van der Waals surface area contributed by atoms with Crippen LogP contribution in [0.1, 0.15) is 39.0 Å². The first-order chi connectivity index (χ1) is 10.1. The van der Waals surface area contributed by atoms with Crippen molar-refractivity contribution in [3.63, 3.8) is 0 Å². The van der Waals surface area contributed by atoms with Crippen molar-refractivity contribution in [1.29, 1.82) is 0 Å². The first-order valence-electron chi connectivity index (χ1n) is 7.97. The van der Waals surface area contributed by atoms with Crippen molar-refractivity contribution >= 4 is 11.8 Å². The minimum Gasteiger partial charge on any atom is -0.381 e. The molecule has 2 fully saturated rings. The van der Waals surface area contributed by atoms with Crippen molar-refractivity contribution in [2.45, 2.75) is 45.1 Å². The van der Waals surface area contributed by atoms with Crippen LogP contribution in [0.4, 0.5) is 0 Å². The highest BCUT2D eigenvalue weighted by atomic mass is 16.5. The maximum atomic E-state index is 12.5. The molecule has 0 saturated carbocycles. The van der Waals surface area contributed by atoms with Crippen LogP contribution < -0.4 is 11.1 Å². The Morgan fingerprint density at radius 2 is 1.86 bits per heavy atom. The van der Waals surface area contributed by atoms with E-state index in [0.717, 1.165) is 25.9 Å². The lowest BCUT2D eigenvalue weighted by molar-refractivity contribution is -0.142. The lowest BCUT2D eigenvalue weighted by Gasteiger charge is -2.36. The molecule has 2 saturated heterocycles. The van der Waals surface area contributed by atoms with Crippen LogP contribution in [0.3, 0.4) is 0 Å². The number of rotatable bonds is 4. The monoisotopic (exact) mass is 297 g/mol. The number of carbonyl (C=O) groups is 2. The summed E-state index contributed by atoms with van der Waals surface area (Å²) in [5.74, 6) is -0.0894. The summed E-state index contributed by atoms with van der Waals surface area (Å²) in [6.45, 7) is 4.77. The molecule has 0 aromatic heterocycles. The summed E-state index contributed by atoms with van der Waals surface area (Å²) in [6, 6.07) is -0.484. The molecule has 0 bridgehead atoms. The zero-order valence-electron chi connectivity index (χ0n) is 12.9. The average molecular weight is 297 g/mol. The van der Waals surface area contributed by atoms with Gasteiger partial charge in [-0.3, -0.25) is 9.59 Å². The maximum Gasteiger partial charge on any atom is 0.244 e. The van der Waals surface area contributed by atoms with Crippen molar-refractivity contribution in [3.05, 3.63) is 0 Å². The van der Waals surface area contributed by atoms with E-state index < -0.39 is 11.5 Å². The number of likely N-dealkylation sites (tertiary alicyclic amines) is 1. The second-order valence-electron chi connectivity index (χ2n) is 6.18. The van der Waals surface area contributed by atoms with Crippen LogP contribution in [0, 0.1) is 5.41 Å². The first kappa shape index (κ1) is 16.2. The van der Waals surface area contributed by atoms with Gasteiger partial charge in [-0.05, 0) is 39.0 Å². The Morgan fingerprint density at radius 3 is 2.43 bits per heavy atom. The van der Waals surface area contributed by atoms with Gasteiger partial charge in [0, 0.05) is 32.8 Å². The summed E-state index contributed by atoms with van der Waals surface area (Å²) in [5, 5.41) is 2.87. The molecule has 0 aromatic carbocycles. The van der Waals surface area contributed by atoms with Gasteiger partial charge < -0.3 is 20.7 Å². The van der Waals surface area contributed by atoms with Crippen LogP contribution in [-0.2, 0) is 14.3 Å². The van der Waals surface area contributed by atoms with Gasteiger partial charge in [0.2, 0.25) is 11.8 Å². The molecule has 2 aliphatic rings. The number of nitrogens with one attached hydrogen (secondary N) is 1. The Kier molecular flexibility index (Phi) is 5.58. The van der Waals surface area contributed by atoms with Gasteiger partial charge in [-0.1, -0.05) is 0 Å². The highest BCUT2D eigenvalue weighted by molar-refractivity contribution is 5.90. The second kappa shape index (κ2) is 7.22. The number of nitrogens with zero attached hydrogens (tertiary/aromatic N) is 1. The maximum absolute atomic E-state index is 12.5. The molecule has 2 heterocycles. The molecular weight excluding hydrogens is 270 g/mol. The summed E-state index contributed by atoms with van der Waals surface area (Å²) in [5.41, 5.74) is 5.25. The average Bonchev–Trinajstić information content (AvgIpc) is 2.55. The summed E-state index contributed by atoms with van der Waals surface area (Å²) < 4.78 is 5.31. The summed E-state index contributed by atoms with van der Waals surface area (Å²) in [7, 11) is 0. The Morgan fingerprint density at radius 1 is 1.24 bits per heavy atom. The summed E-state index contributed by atoms with van der Waals surface area (Å²) in [6.07, 6.45) is 4.54. The second-order valence-corrected chi connectivity index (χ2v) is 6.18. The smallest absolute Gasteiger partial charge is 0.244 e. The summed E-state index contributed by atoms with van der Waals surface area (Å²) in [4.78, 5) is 26.8. The molecule has 0 spiro atoms. The normalized spacial score (nSPS) is 23.4. The van der Waals surface area contributed by atoms with Crippen LogP contribution in [-0.4, -0.2) is 55.6 Å². The van der Waals surface area contributed by atoms with E-state index in [9.17, 15) is 9.59 Å². The van der Waals surface area contributed by atoms with E-state index in [4.69, 9.17) is 10.5 Å². The first-order valence-corrected chi connectivity index (χ1v) is 7.97. The SMILES string of the molecule is CC(NC(=O)C1(CN)CCOCC1)C(=O)N1CCCCC1. The van der Waals surface area contributed by atoms with Gasteiger partial charge in [0.25, 0.3) is 0 Å². The van der Waals surface area contributed by atoms with Crippen LogP contribution in [0.15, 0.2) is 0 Å². The van der Waals surface area contributed by atoms with E-state index in [1.54, 1.807) is 6.92 Å². The minimum atomic E-state index is -0.575. The predicted molar refractivity (Wildman–Crippen MR) is 79.6 cm³/mol. The number of hydrogen-bond acceptors (Lipinski definition) is 4. The van der Waals surface area contributed by atoms with Crippen molar-refractivity contribution in [2.75, 3.05) is 32.8 Å². The Bertz CT molecular complexity index is 374. The van der Waals surface area contributed by atoms with Gasteiger partial charge in [-0.2, -0.15) is 0 Å². The van der Waals surface area contributed by atoms with Crippen molar-refractivity contribution < 1.29 is 14.3 Å². The molecule has 2 rings (SSSR count). The van der Waals surface area contributed by atoms with E-state index in [1.807, 2.05) is 4.90 Å². The van der Waals surface area contributed by atoms with E-state index in [2.05, 4.69) is 5.32 Å². The molecule has 6 heteroatoms. The standard InChI is InChI=1S/C15H27N3O3/c1-12(13(19)18-7-3-2-4-8-18)17-14(20)15(11-16)5-9-21-10-6-15/h12H,2-11,16H2,1H3,(H,17,20). The highest BCUT2D eigenvalue weighted by Gasteiger charge is 2.40. The minimum absolute atomic E-state index is 0.0160. The van der Waals surface area contributed by atoms with Gasteiger partial charge in [0.05, 0.1) is 5.41 Å². The zero-order valence-corrected chi connectivity index (χ0v) is 12.9. The molecule has 2 amide bonds. The molecule has 1 unspecified atom stereocenters. The van der Waals surface area contributed by atoms with E-state index >= 15 is 0 Å². The molecule has 0 radical (unpaired) electrons. The number of nitrogens with two attached hydrogens (primary N) is 1. The molecule has 0 aliphatic carbocycles. The van der Waals surface area contributed by atoms with Gasteiger partial charge in [0.15, 0.2) is 0 Å². The van der Waals surface area contributed by atoms with Crippen LogP contribution in [0.5, 0.6) is 0 Å². The fourth-order valence-corrected chi connectivity index (χ4v) is 3.09. The number of ether oxygens (including phenoxy) is 1. The van der Waals surface area contributed by atoms with E-state index in [-0.39, 0.29) is 11.8 Å². The lowest BCUT2D eigenvalue weighted by Crippen LogP contribution is -2.55. The summed E-state index contributed by atoms with van der Waals surface area (Å²) >= 11 is 0. The molecule has 0 aromatic rings. The number of amides is 2. The molecular formula is C15H27N3O3. The lowest BCUT2D eigenvalue weighted by atomic mass is 9.79. The quantitative estimate of drug-likeness (QED) is 0.779. The van der Waals surface area contributed by atoms with Gasteiger partial charge >= 0.3 is 0 Å². The fourth-order valence-electron chi connectivity index (χ4n) is 3.09. The molecule has 21 heavy (non-hydrogen) atoms. The zero-order chi connectivity index (χ0) is 15.3. The Labute approximate surface area is 126 Å². The van der Waals surface area contributed by atoms with Crippen LogP contribution in [0.2, 0.25) is 0 Å². The Hall–Kier alpha value is -1.14. The van der Waals surface area contributed by atoms with Crippen molar-refractivity contribution in [1.82, 2.24) is 10.2 Å². The van der Waals surface area contributed by atoms with Crippen molar-refractivity contribution in [2.24, 2.45) is 11.1 Å². The molecule has 120 valence electrons. The molecule has 3 N–H and O–H groups in total. The van der Waals surface area contributed by atoms with Crippen molar-refractivity contribution in [3.8, 4) is 0 Å².